The fraction of sp³-hybridized carbons (Fsp3) is 0.226. The molecule has 6 rings (SSSR count). The molecule has 0 spiro atoms. The van der Waals surface area contributed by atoms with Crippen LogP contribution >= 0.6 is 0 Å². The molecule has 0 saturated carbocycles. The van der Waals surface area contributed by atoms with Crippen molar-refractivity contribution < 1.29 is 28.0 Å². The van der Waals surface area contributed by atoms with Crippen molar-refractivity contribution in [1.82, 2.24) is 10.6 Å². The number of carbonyl (C=O) groups excluding carboxylic acids is 4. The summed E-state index contributed by atoms with van der Waals surface area (Å²) in [7, 11) is 0. The maximum atomic E-state index is 12.9. The third-order valence-corrected chi connectivity index (χ3v) is 7.30. The molecule has 10 nitrogen and oxygen atoms in total. The zero-order valence-electron chi connectivity index (χ0n) is 22.1. The maximum absolute atomic E-state index is 12.9. The van der Waals surface area contributed by atoms with Crippen molar-refractivity contribution in [3.63, 3.8) is 0 Å². The summed E-state index contributed by atoms with van der Waals surface area (Å²) >= 11 is 0. The fourth-order valence-electron chi connectivity index (χ4n) is 5.16. The molecule has 10 heteroatoms. The van der Waals surface area contributed by atoms with Gasteiger partial charge in [-0.1, -0.05) is 24.3 Å². The Morgan fingerprint density at radius 1 is 0.610 bits per heavy atom. The lowest BCUT2D eigenvalue weighted by Gasteiger charge is -2.17. The van der Waals surface area contributed by atoms with Crippen LogP contribution in [0.15, 0.2) is 94.2 Å². The molecule has 2 atom stereocenters. The monoisotopic (exact) mass is 552 g/mol. The molecule has 0 bridgehead atoms. The number of amides is 4. The fourth-order valence-corrected chi connectivity index (χ4v) is 5.16. The predicted molar refractivity (Wildman–Crippen MR) is 149 cm³/mol. The number of anilines is 2. The van der Waals surface area contributed by atoms with Gasteiger partial charge in [-0.2, -0.15) is 0 Å². The van der Waals surface area contributed by atoms with Crippen LogP contribution in [-0.2, 0) is 38.7 Å². The first kappa shape index (κ1) is 26.4. The van der Waals surface area contributed by atoms with Gasteiger partial charge in [0.1, 0.15) is 11.5 Å². The molecule has 2 fully saturated rings. The maximum Gasteiger partial charge on any atom is 0.251 e. The molecule has 41 heavy (non-hydrogen) atoms. The van der Waals surface area contributed by atoms with Crippen molar-refractivity contribution in [1.29, 1.82) is 0 Å². The van der Waals surface area contributed by atoms with Gasteiger partial charge in [0, 0.05) is 0 Å². The first-order valence-corrected chi connectivity index (χ1v) is 13.4. The van der Waals surface area contributed by atoms with Gasteiger partial charge in [0.05, 0.1) is 61.9 Å². The average Bonchev–Trinajstić information content (AvgIpc) is 3.77. The summed E-state index contributed by atoms with van der Waals surface area (Å²) in [6, 6.07) is 20.6. The highest BCUT2D eigenvalue weighted by atomic mass is 16.3. The topological polar surface area (TPSA) is 125 Å². The van der Waals surface area contributed by atoms with E-state index in [2.05, 4.69) is 10.6 Å². The SMILES string of the molecule is O=C1CC(NCc2ccco2)C(=O)N1c1ccc(Cc2ccc(N3C(=O)CC(NCc4ccco4)C3=O)cc2)cc1. The summed E-state index contributed by atoms with van der Waals surface area (Å²) < 4.78 is 10.6. The third-order valence-electron chi connectivity index (χ3n) is 7.30. The number of hydrogen-bond donors (Lipinski definition) is 2. The standard InChI is InChI=1S/C31H28N4O6/c36-28-16-26(32-18-24-3-1-13-40-24)30(38)34(28)22-9-5-20(6-10-22)15-21-7-11-23(12-8-21)35-29(37)17-27(31(35)39)33-19-25-4-2-14-41-25/h1-14,26-27,32-33H,15-19H2. The molecule has 0 aliphatic carbocycles. The summed E-state index contributed by atoms with van der Waals surface area (Å²) in [5.74, 6) is 0.326. The summed E-state index contributed by atoms with van der Waals surface area (Å²) in [6.45, 7) is 0.733. The highest BCUT2D eigenvalue weighted by molar-refractivity contribution is 6.23. The van der Waals surface area contributed by atoms with Crippen LogP contribution in [0, 0.1) is 0 Å². The lowest BCUT2D eigenvalue weighted by Crippen LogP contribution is -2.38. The molecule has 0 radical (unpaired) electrons. The van der Waals surface area contributed by atoms with Crippen molar-refractivity contribution in [2.75, 3.05) is 9.80 Å². The molecule has 2 aliphatic rings. The minimum absolute atomic E-state index is 0.0937. The van der Waals surface area contributed by atoms with E-state index in [4.69, 9.17) is 8.83 Å². The molecule has 4 heterocycles. The Bertz CT molecular complexity index is 1430. The van der Waals surface area contributed by atoms with E-state index in [0.29, 0.717) is 42.4 Å². The second-order valence-electron chi connectivity index (χ2n) is 10.1. The van der Waals surface area contributed by atoms with E-state index >= 15 is 0 Å². The van der Waals surface area contributed by atoms with Gasteiger partial charge < -0.3 is 8.83 Å². The second-order valence-corrected chi connectivity index (χ2v) is 10.1. The van der Waals surface area contributed by atoms with E-state index in [1.165, 1.54) is 9.80 Å². The van der Waals surface area contributed by atoms with Crippen LogP contribution in [0.1, 0.15) is 35.5 Å². The van der Waals surface area contributed by atoms with Crippen LogP contribution in [0.25, 0.3) is 0 Å². The molecular formula is C31H28N4O6. The molecule has 2 aromatic carbocycles. The van der Waals surface area contributed by atoms with E-state index in [0.717, 1.165) is 11.1 Å². The lowest BCUT2D eigenvalue weighted by atomic mass is 10.0. The number of furan rings is 2. The number of hydrogen-bond acceptors (Lipinski definition) is 8. The van der Waals surface area contributed by atoms with E-state index in [9.17, 15) is 19.2 Å². The van der Waals surface area contributed by atoms with Gasteiger partial charge in [-0.3, -0.25) is 29.8 Å². The molecule has 4 amide bonds. The highest BCUT2D eigenvalue weighted by Gasteiger charge is 2.40. The van der Waals surface area contributed by atoms with Gasteiger partial charge in [0.15, 0.2) is 0 Å². The molecule has 2 unspecified atom stereocenters. The van der Waals surface area contributed by atoms with Gasteiger partial charge in [0.25, 0.3) is 11.8 Å². The Morgan fingerprint density at radius 2 is 1.02 bits per heavy atom. The molecule has 2 aliphatic heterocycles. The molecular weight excluding hydrogens is 524 g/mol. The number of benzene rings is 2. The van der Waals surface area contributed by atoms with Crippen LogP contribution in [0.3, 0.4) is 0 Å². The smallest absolute Gasteiger partial charge is 0.251 e. The van der Waals surface area contributed by atoms with E-state index in [1.807, 2.05) is 36.4 Å². The first-order chi connectivity index (χ1) is 20.0. The van der Waals surface area contributed by atoms with Gasteiger partial charge >= 0.3 is 0 Å². The molecule has 208 valence electrons. The average molecular weight is 553 g/mol. The van der Waals surface area contributed by atoms with Crippen molar-refractivity contribution in [2.45, 2.75) is 44.4 Å². The summed E-state index contributed by atoms with van der Waals surface area (Å²) in [4.78, 5) is 53.5. The van der Waals surface area contributed by atoms with Crippen LogP contribution in [0.2, 0.25) is 0 Å². The van der Waals surface area contributed by atoms with Crippen LogP contribution in [-0.4, -0.2) is 35.7 Å². The number of imide groups is 2. The number of carbonyl (C=O) groups is 4. The van der Waals surface area contributed by atoms with Crippen molar-refractivity contribution in [3.8, 4) is 0 Å². The predicted octanol–water partition coefficient (Wildman–Crippen LogP) is 3.31. The summed E-state index contributed by atoms with van der Waals surface area (Å²) in [6.07, 6.45) is 3.92. The molecule has 2 N–H and O–H groups in total. The normalized spacial score (nSPS) is 19.1. The Morgan fingerprint density at radius 3 is 1.39 bits per heavy atom. The first-order valence-electron chi connectivity index (χ1n) is 13.4. The highest BCUT2D eigenvalue weighted by Crippen LogP contribution is 2.26. The Labute approximate surface area is 235 Å². The van der Waals surface area contributed by atoms with Crippen molar-refractivity contribution in [2.24, 2.45) is 0 Å². The number of nitrogens with zero attached hydrogens (tertiary/aromatic N) is 2. The van der Waals surface area contributed by atoms with Crippen LogP contribution in [0.4, 0.5) is 11.4 Å². The Balaban J connectivity index is 1.05. The molecule has 4 aromatic rings. The minimum Gasteiger partial charge on any atom is -0.468 e. The van der Waals surface area contributed by atoms with Gasteiger partial charge in [0.2, 0.25) is 11.8 Å². The number of nitrogens with one attached hydrogen (secondary N) is 2. The molecule has 2 aromatic heterocycles. The largest absolute Gasteiger partial charge is 0.468 e. The lowest BCUT2D eigenvalue weighted by molar-refractivity contribution is -0.123. The third kappa shape index (κ3) is 5.60. The zero-order chi connectivity index (χ0) is 28.3. The van der Waals surface area contributed by atoms with Crippen molar-refractivity contribution >= 4 is 35.0 Å². The van der Waals surface area contributed by atoms with Gasteiger partial charge in [-0.15, -0.1) is 0 Å². The van der Waals surface area contributed by atoms with Crippen LogP contribution < -0.4 is 20.4 Å². The Kier molecular flexibility index (Phi) is 7.32. The summed E-state index contributed by atoms with van der Waals surface area (Å²) in [5.41, 5.74) is 3.04. The van der Waals surface area contributed by atoms with Crippen molar-refractivity contribution in [3.05, 3.63) is 108 Å². The molecule has 2 saturated heterocycles. The second kappa shape index (κ2) is 11.4. The quantitative estimate of drug-likeness (QED) is 0.287. The van der Waals surface area contributed by atoms with E-state index in [-0.39, 0.29) is 36.5 Å². The number of rotatable bonds is 10. The Hall–Kier alpha value is -4.80. The van der Waals surface area contributed by atoms with E-state index < -0.39 is 12.1 Å². The van der Waals surface area contributed by atoms with Gasteiger partial charge in [-0.05, 0) is 66.1 Å². The van der Waals surface area contributed by atoms with E-state index in [1.54, 1.807) is 48.9 Å². The zero-order valence-corrected chi connectivity index (χ0v) is 22.1. The van der Waals surface area contributed by atoms with Gasteiger partial charge in [-0.25, -0.2) is 9.80 Å². The van der Waals surface area contributed by atoms with Crippen LogP contribution in [0.5, 0.6) is 0 Å². The summed E-state index contributed by atoms with van der Waals surface area (Å²) in [5, 5.41) is 6.19. The minimum atomic E-state index is -0.595.